The van der Waals surface area contributed by atoms with E-state index in [1.807, 2.05) is 4.98 Å². The van der Waals surface area contributed by atoms with Gasteiger partial charge < -0.3 is 20.4 Å². The van der Waals surface area contributed by atoms with E-state index in [1.165, 1.54) is 6.20 Å². The van der Waals surface area contributed by atoms with E-state index in [0.717, 1.165) is 4.57 Å². The lowest BCUT2D eigenvalue weighted by Crippen LogP contribution is -2.38. The van der Waals surface area contributed by atoms with Gasteiger partial charge in [0.1, 0.15) is 6.10 Å². The lowest BCUT2D eigenvalue weighted by atomic mass is 10.1. The Balaban J connectivity index is 2.43. The van der Waals surface area contributed by atoms with Crippen molar-refractivity contribution in [2.75, 3.05) is 6.61 Å². The van der Waals surface area contributed by atoms with Crippen molar-refractivity contribution in [1.82, 2.24) is 9.55 Å². The van der Waals surface area contributed by atoms with E-state index >= 15 is 0 Å². The standard InChI is InChI=1S/C11H16N2O6/c14-3-5-1-7(9(17)8(5)16)13-2-6(4-15)10(18)12-11(13)19/h2,5,7-9,14-17H,1,3-4H2,(H,12,18,19). The summed E-state index contributed by atoms with van der Waals surface area (Å²) in [6.07, 6.45) is -0.976. The average molecular weight is 272 g/mol. The Morgan fingerprint density at radius 3 is 2.47 bits per heavy atom. The fourth-order valence-corrected chi connectivity index (χ4v) is 2.44. The van der Waals surface area contributed by atoms with Gasteiger partial charge >= 0.3 is 5.69 Å². The highest BCUT2D eigenvalue weighted by Crippen LogP contribution is 2.34. The summed E-state index contributed by atoms with van der Waals surface area (Å²) in [5, 5.41) is 37.7. The van der Waals surface area contributed by atoms with Gasteiger partial charge in [-0.2, -0.15) is 0 Å². The van der Waals surface area contributed by atoms with Crippen molar-refractivity contribution in [3.05, 3.63) is 32.6 Å². The molecule has 1 saturated carbocycles. The molecule has 1 aliphatic carbocycles. The Morgan fingerprint density at radius 1 is 1.26 bits per heavy atom. The number of aliphatic hydroxyl groups excluding tert-OH is 4. The summed E-state index contributed by atoms with van der Waals surface area (Å²) in [5.41, 5.74) is -1.42. The predicted molar refractivity (Wildman–Crippen MR) is 63.5 cm³/mol. The van der Waals surface area contributed by atoms with Gasteiger partial charge in [-0.1, -0.05) is 0 Å². The first-order valence-corrected chi connectivity index (χ1v) is 5.91. The van der Waals surface area contributed by atoms with Gasteiger partial charge in [-0.3, -0.25) is 14.3 Å². The SMILES string of the molecule is O=c1[nH]c(=O)n(C2CC(CO)C(O)C2O)cc1CO. The molecule has 4 atom stereocenters. The minimum Gasteiger partial charge on any atom is -0.396 e. The minimum atomic E-state index is -1.22. The summed E-state index contributed by atoms with van der Waals surface area (Å²) in [7, 11) is 0. The molecule has 2 rings (SSSR count). The number of aromatic nitrogens is 2. The van der Waals surface area contributed by atoms with Crippen LogP contribution in [0.1, 0.15) is 18.0 Å². The maximum atomic E-state index is 11.7. The van der Waals surface area contributed by atoms with Crippen molar-refractivity contribution < 1.29 is 20.4 Å². The summed E-state index contributed by atoms with van der Waals surface area (Å²) in [4.78, 5) is 25.1. The van der Waals surface area contributed by atoms with E-state index in [4.69, 9.17) is 10.2 Å². The summed E-state index contributed by atoms with van der Waals surface area (Å²) in [6, 6.07) is -0.748. The molecule has 0 aromatic carbocycles. The summed E-state index contributed by atoms with van der Waals surface area (Å²) < 4.78 is 1.08. The zero-order valence-corrected chi connectivity index (χ0v) is 10.1. The Kier molecular flexibility index (Phi) is 3.85. The highest BCUT2D eigenvalue weighted by molar-refractivity contribution is 5.06. The Bertz CT molecular complexity index is 565. The van der Waals surface area contributed by atoms with Crippen molar-refractivity contribution in [3.8, 4) is 0 Å². The van der Waals surface area contributed by atoms with Crippen LogP contribution in [0.2, 0.25) is 0 Å². The second-order valence-corrected chi connectivity index (χ2v) is 4.71. The number of H-pyrrole nitrogens is 1. The van der Waals surface area contributed by atoms with Crippen LogP contribution in [0.15, 0.2) is 15.8 Å². The molecule has 0 amide bonds. The average Bonchev–Trinajstić information content (AvgIpc) is 2.67. The van der Waals surface area contributed by atoms with Gasteiger partial charge in [0.05, 0.1) is 24.3 Å². The Labute approximate surface area is 107 Å². The highest BCUT2D eigenvalue weighted by atomic mass is 16.3. The van der Waals surface area contributed by atoms with Gasteiger partial charge in [-0.15, -0.1) is 0 Å². The van der Waals surface area contributed by atoms with E-state index in [1.54, 1.807) is 0 Å². The minimum absolute atomic E-state index is 0.00580. The number of nitrogens with zero attached hydrogens (tertiary/aromatic N) is 1. The smallest absolute Gasteiger partial charge is 0.328 e. The molecule has 0 bridgehead atoms. The molecule has 1 fully saturated rings. The molecule has 1 aliphatic rings. The van der Waals surface area contributed by atoms with Gasteiger partial charge in [-0.25, -0.2) is 4.79 Å². The predicted octanol–water partition coefficient (Wildman–Crippen LogP) is -2.70. The molecule has 0 spiro atoms. The lowest BCUT2D eigenvalue weighted by Gasteiger charge is -2.19. The molecule has 8 nitrogen and oxygen atoms in total. The molecule has 19 heavy (non-hydrogen) atoms. The number of hydrogen-bond donors (Lipinski definition) is 5. The van der Waals surface area contributed by atoms with Crippen molar-refractivity contribution in [1.29, 1.82) is 0 Å². The molecule has 1 heterocycles. The first-order valence-electron chi connectivity index (χ1n) is 5.91. The van der Waals surface area contributed by atoms with Crippen LogP contribution in [0.3, 0.4) is 0 Å². The van der Waals surface area contributed by atoms with E-state index in [9.17, 15) is 19.8 Å². The van der Waals surface area contributed by atoms with Crippen molar-refractivity contribution in [2.24, 2.45) is 5.92 Å². The molecule has 1 aromatic rings. The van der Waals surface area contributed by atoms with Gasteiger partial charge in [0.2, 0.25) is 0 Å². The van der Waals surface area contributed by atoms with Crippen LogP contribution in [0.25, 0.3) is 0 Å². The van der Waals surface area contributed by atoms with Gasteiger partial charge in [-0.05, 0) is 6.42 Å². The number of hydrogen-bond acceptors (Lipinski definition) is 6. The highest BCUT2D eigenvalue weighted by Gasteiger charge is 2.42. The first-order chi connectivity index (χ1) is 8.99. The maximum absolute atomic E-state index is 11.7. The summed E-state index contributed by atoms with van der Waals surface area (Å²) in [5.74, 6) is -0.531. The second-order valence-electron chi connectivity index (χ2n) is 4.71. The van der Waals surface area contributed by atoms with Gasteiger partial charge in [0, 0.05) is 18.7 Å². The van der Waals surface area contributed by atoms with E-state index < -0.39 is 42.0 Å². The maximum Gasteiger partial charge on any atom is 0.328 e. The third-order valence-electron chi connectivity index (χ3n) is 3.58. The number of aromatic amines is 1. The van der Waals surface area contributed by atoms with Crippen molar-refractivity contribution in [2.45, 2.75) is 31.3 Å². The van der Waals surface area contributed by atoms with E-state index in [2.05, 4.69) is 0 Å². The number of nitrogens with one attached hydrogen (secondary N) is 1. The molecule has 0 aliphatic heterocycles. The molecular formula is C11H16N2O6. The van der Waals surface area contributed by atoms with Crippen LogP contribution in [0.4, 0.5) is 0 Å². The summed E-state index contributed by atoms with van der Waals surface area (Å²) in [6.45, 7) is -0.843. The van der Waals surface area contributed by atoms with Crippen LogP contribution < -0.4 is 11.2 Å². The van der Waals surface area contributed by atoms with Gasteiger partial charge in [0.25, 0.3) is 5.56 Å². The van der Waals surface area contributed by atoms with Crippen LogP contribution in [-0.2, 0) is 6.61 Å². The molecule has 0 radical (unpaired) electrons. The largest absolute Gasteiger partial charge is 0.396 e. The molecule has 106 valence electrons. The third-order valence-corrected chi connectivity index (χ3v) is 3.58. The first kappa shape index (κ1) is 13.9. The third kappa shape index (κ3) is 2.35. The normalized spacial score (nSPS) is 30.7. The van der Waals surface area contributed by atoms with Crippen LogP contribution in [-0.4, -0.2) is 48.8 Å². The van der Waals surface area contributed by atoms with E-state index in [0.29, 0.717) is 0 Å². The Hall–Kier alpha value is -1.48. The van der Waals surface area contributed by atoms with Gasteiger partial charge in [0.15, 0.2) is 0 Å². The topological polar surface area (TPSA) is 136 Å². The van der Waals surface area contributed by atoms with Crippen LogP contribution in [0.5, 0.6) is 0 Å². The zero-order valence-electron chi connectivity index (χ0n) is 10.1. The molecule has 8 heteroatoms. The number of aliphatic hydroxyl groups is 4. The second kappa shape index (κ2) is 5.25. The fourth-order valence-electron chi connectivity index (χ4n) is 2.44. The zero-order chi connectivity index (χ0) is 14.2. The quantitative estimate of drug-likeness (QED) is 0.406. The Morgan fingerprint density at radius 2 is 1.95 bits per heavy atom. The lowest BCUT2D eigenvalue weighted by molar-refractivity contribution is -0.00461. The number of rotatable bonds is 3. The molecular weight excluding hydrogens is 256 g/mol. The van der Waals surface area contributed by atoms with Crippen LogP contribution in [0, 0.1) is 5.92 Å². The fraction of sp³-hybridized carbons (Fsp3) is 0.636. The molecule has 0 saturated heterocycles. The monoisotopic (exact) mass is 272 g/mol. The molecule has 4 unspecified atom stereocenters. The van der Waals surface area contributed by atoms with Crippen molar-refractivity contribution in [3.63, 3.8) is 0 Å². The van der Waals surface area contributed by atoms with Crippen molar-refractivity contribution >= 4 is 0 Å². The molecule has 1 aromatic heterocycles. The van der Waals surface area contributed by atoms with Crippen LogP contribution >= 0.6 is 0 Å². The summed E-state index contributed by atoms with van der Waals surface area (Å²) >= 11 is 0. The van der Waals surface area contributed by atoms with E-state index in [-0.39, 0.29) is 18.6 Å². The molecule has 5 N–H and O–H groups in total.